The summed E-state index contributed by atoms with van der Waals surface area (Å²) in [5, 5.41) is 18.8. The Labute approximate surface area is 148 Å². The maximum Gasteiger partial charge on any atom is 0.342 e. The van der Waals surface area contributed by atoms with Crippen molar-refractivity contribution in [2.45, 2.75) is 19.4 Å². The average molecular weight is 357 g/mol. The van der Waals surface area contributed by atoms with Gasteiger partial charge in [-0.15, -0.1) is 0 Å². The maximum absolute atomic E-state index is 12.0. The molecule has 0 atom stereocenters. The Morgan fingerprint density at radius 3 is 2.15 bits per heavy atom. The largest absolute Gasteiger partial charge is 0.478 e. The van der Waals surface area contributed by atoms with Gasteiger partial charge in [-0.3, -0.25) is 9.69 Å². The van der Waals surface area contributed by atoms with E-state index in [1.807, 2.05) is 12.1 Å². The lowest BCUT2D eigenvalue weighted by Gasteiger charge is -2.16. The molecule has 0 spiro atoms. The van der Waals surface area contributed by atoms with Crippen molar-refractivity contribution in [1.82, 2.24) is 9.88 Å². The molecule has 0 aliphatic carbocycles. The van der Waals surface area contributed by atoms with Crippen molar-refractivity contribution in [2.24, 2.45) is 0 Å². The zero-order valence-electron chi connectivity index (χ0n) is 14.0. The first-order chi connectivity index (χ1) is 12.4. The molecule has 26 heavy (non-hydrogen) atoms. The van der Waals surface area contributed by atoms with Gasteiger partial charge in [0.1, 0.15) is 16.9 Å². The molecule has 0 bridgehead atoms. The second-order valence-corrected chi connectivity index (χ2v) is 6.28. The Kier molecular flexibility index (Phi) is 4.77. The molecule has 2 heterocycles. The summed E-state index contributed by atoms with van der Waals surface area (Å²) in [6.45, 7) is 2.85. The fourth-order valence-electron chi connectivity index (χ4n) is 3.31. The minimum atomic E-state index is -1.51. The maximum atomic E-state index is 12.0. The average Bonchev–Trinajstić information content (AvgIpc) is 3.07. The van der Waals surface area contributed by atoms with E-state index in [2.05, 4.69) is 9.88 Å². The third kappa shape index (κ3) is 3.31. The van der Waals surface area contributed by atoms with Gasteiger partial charge >= 0.3 is 11.9 Å². The molecule has 1 fully saturated rings. The van der Waals surface area contributed by atoms with Crippen LogP contribution in [0, 0.1) is 0 Å². The normalized spacial score (nSPS) is 14.5. The highest BCUT2D eigenvalue weighted by atomic mass is 16.4. The van der Waals surface area contributed by atoms with Gasteiger partial charge in [0, 0.05) is 12.1 Å². The van der Waals surface area contributed by atoms with E-state index in [1.165, 1.54) is 12.8 Å². The van der Waals surface area contributed by atoms with Crippen molar-refractivity contribution >= 4 is 17.8 Å². The number of aromatic carboxylic acids is 2. The van der Waals surface area contributed by atoms with Gasteiger partial charge in [0.15, 0.2) is 0 Å². The van der Waals surface area contributed by atoms with Gasteiger partial charge in [0.25, 0.3) is 5.56 Å². The topological polar surface area (TPSA) is 137 Å². The molecule has 1 aliphatic heterocycles. The molecule has 0 amide bonds. The molecule has 2 aromatic rings. The van der Waals surface area contributed by atoms with Gasteiger partial charge in [-0.1, -0.05) is 24.3 Å². The third-order valence-electron chi connectivity index (χ3n) is 4.52. The quantitative estimate of drug-likeness (QED) is 0.638. The van der Waals surface area contributed by atoms with Crippen LogP contribution in [0.1, 0.15) is 39.1 Å². The number of rotatable bonds is 5. The molecule has 1 aliphatic rings. The highest BCUT2D eigenvalue weighted by molar-refractivity contribution is 6.07. The summed E-state index contributed by atoms with van der Waals surface area (Å²) >= 11 is 0. The van der Waals surface area contributed by atoms with Gasteiger partial charge in [-0.25, -0.2) is 9.59 Å². The zero-order valence-corrected chi connectivity index (χ0v) is 14.0. The minimum Gasteiger partial charge on any atom is -0.478 e. The van der Waals surface area contributed by atoms with Gasteiger partial charge in [-0.2, -0.15) is 0 Å². The van der Waals surface area contributed by atoms with E-state index in [4.69, 9.17) is 5.73 Å². The molecule has 1 aromatic heterocycles. The first-order valence-corrected chi connectivity index (χ1v) is 8.22. The number of benzene rings is 1. The van der Waals surface area contributed by atoms with Crippen LogP contribution in [-0.4, -0.2) is 45.1 Å². The van der Waals surface area contributed by atoms with Crippen molar-refractivity contribution in [3.05, 3.63) is 51.3 Å². The number of carboxylic acids is 2. The second-order valence-electron chi connectivity index (χ2n) is 6.28. The number of nitrogens with one attached hydrogen (secondary N) is 1. The van der Waals surface area contributed by atoms with Gasteiger partial charge in [-0.05, 0) is 37.1 Å². The van der Waals surface area contributed by atoms with Crippen molar-refractivity contribution < 1.29 is 19.8 Å². The highest BCUT2D eigenvalue weighted by Gasteiger charge is 2.26. The van der Waals surface area contributed by atoms with Crippen LogP contribution in [0.5, 0.6) is 0 Å². The molecule has 8 heteroatoms. The summed E-state index contributed by atoms with van der Waals surface area (Å²) in [5.74, 6) is -3.29. The molecule has 0 saturated carbocycles. The smallest absolute Gasteiger partial charge is 0.342 e. The Balaban J connectivity index is 2.08. The van der Waals surface area contributed by atoms with Gasteiger partial charge in [0.05, 0.1) is 0 Å². The van der Waals surface area contributed by atoms with Crippen molar-refractivity contribution in [2.75, 3.05) is 18.8 Å². The van der Waals surface area contributed by atoms with Crippen molar-refractivity contribution in [3.63, 3.8) is 0 Å². The SMILES string of the molecule is Nc1[nH]c(=O)c(C(=O)O)c(-c2ccc(CN3CCCC3)cc2)c1C(=O)O. The van der Waals surface area contributed by atoms with E-state index in [0.717, 1.165) is 25.2 Å². The summed E-state index contributed by atoms with van der Waals surface area (Å²) in [6.07, 6.45) is 2.35. The first kappa shape index (κ1) is 17.7. The molecule has 0 unspecified atom stereocenters. The number of nitrogen functional groups attached to an aromatic ring is 1. The van der Waals surface area contributed by atoms with Crippen LogP contribution in [0.3, 0.4) is 0 Å². The number of anilines is 1. The zero-order chi connectivity index (χ0) is 18.8. The summed E-state index contributed by atoms with van der Waals surface area (Å²) < 4.78 is 0. The van der Waals surface area contributed by atoms with Crippen LogP contribution in [0.4, 0.5) is 5.82 Å². The molecule has 1 saturated heterocycles. The minimum absolute atomic E-state index is 0.182. The van der Waals surface area contributed by atoms with E-state index in [0.29, 0.717) is 5.56 Å². The summed E-state index contributed by atoms with van der Waals surface area (Å²) in [6, 6.07) is 6.86. The van der Waals surface area contributed by atoms with Gasteiger partial charge in [0.2, 0.25) is 0 Å². The number of nitrogens with zero attached hydrogens (tertiary/aromatic N) is 1. The van der Waals surface area contributed by atoms with Crippen LogP contribution < -0.4 is 11.3 Å². The standard InChI is InChI=1S/C18H19N3O5/c19-15-13(17(23)24)12(14(18(25)26)16(22)20-15)11-5-3-10(4-6-11)9-21-7-1-2-8-21/h3-6H,1-2,7-9H2,(H,23,24)(H,25,26)(H3,19,20,22). The lowest BCUT2D eigenvalue weighted by atomic mass is 9.94. The second kappa shape index (κ2) is 7.01. The third-order valence-corrected chi connectivity index (χ3v) is 4.52. The Hall–Kier alpha value is -3.13. The lowest BCUT2D eigenvalue weighted by molar-refractivity contribution is 0.0695. The lowest BCUT2D eigenvalue weighted by Crippen LogP contribution is -2.24. The van der Waals surface area contributed by atoms with Gasteiger partial charge < -0.3 is 20.9 Å². The number of nitrogens with two attached hydrogens (primary N) is 1. The molecular formula is C18H19N3O5. The fourth-order valence-corrected chi connectivity index (χ4v) is 3.31. The van der Waals surface area contributed by atoms with Crippen LogP contribution in [0.25, 0.3) is 11.1 Å². The monoisotopic (exact) mass is 357 g/mol. The number of hydrogen-bond acceptors (Lipinski definition) is 5. The highest BCUT2D eigenvalue weighted by Crippen LogP contribution is 2.29. The summed E-state index contributed by atoms with van der Waals surface area (Å²) in [5.41, 5.74) is 4.81. The van der Waals surface area contributed by atoms with Crippen molar-refractivity contribution in [3.8, 4) is 11.1 Å². The molecule has 0 radical (unpaired) electrons. The van der Waals surface area contributed by atoms with Crippen LogP contribution in [0.2, 0.25) is 0 Å². The molecule has 8 nitrogen and oxygen atoms in total. The van der Waals surface area contributed by atoms with Crippen molar-refractivity contribution in [1.29, 1.82) is 0 Å². The summed E-state index contributed by atoms with van der Waals surface area (Å²) in [4.78, 5) is 39.6. The Morgan fingerprint density at radius 2 is 1.62 bits per heavy atom. The molecule has 5 N–H and O–H groups in total. The molecular weight excluding hydrogens is 338 g/mol. The predicted octanol–water partition coefficient (Wildman–Crippen LogP) is 1.62. The number of aromatic amines is 1. The predicted molar refractivity (Wildman–Crippen MR) is 95.3 cm³/mol. The van der Waals surface area contributed by atoms with E-state index >= 15 is 0 Å². The van der Waals surface area contributed by atoms with E-state index in [9.17, 15) is 24.6 Å². The first-order valence-electron chi connectivity index (χ1n) is 8.22. The Morgan fingerprint density at radius 1 is 1.04 bits per heavy atom. The van der Waals surface area contributed by atoms with Crippen LogP contribution >= 0.6 is 0 Å². The molecule has 1 aromatic carbocycles. The number of carbonyl (C=O) groups is 2. The fraction of sp³-hybridized carbons (Fsp3) is 0.278. The molecule has 136 valence electrons. The number of aromatic nitrogens is 1. The molecule has 3 rings (SSSR count). The van der Waals surface area contributed by atoms with E-state index in [-0.39, 0.29) is 11.4 Å². The number of carboxylic acid groups (broad SMARTS) is 2. The van der Waals surface area contributed by atoms with E-state index < -0.39 is 28.6 Å². The van der Waals surface area contributed by atoms with E-state index in [1.54, 1.807) is 12.1 Å². The number of likely N-dealkylation sites (tertiary alicyclic amines) is 1. The number of hydrogen-bond donors (Lipinski definition) is 4. The van der Waals surface area contributed by atoms with Crippen LogP contribution in [-0.2, 0) is 6.54 Å². The number of pyridine rings is 1. The number of H-pyrrole nitrogens is 1. The summed E-state index contributed by atoms with van der Waals surface area (Å²) in [7, 11) is 0. The Bertz CT molecular complexity index is 912. The van der Waals surface area contributed by atoms with Crippen LogP contribution in [0.15, 0.2) is 29.1 Å².